The molecule has 4 N–H and O–H groups in total. The molecule has 1 saturated carbocycles. The van der Waals surface area contributed by atoms with Crippen LogP contribution in [0.3, 0.4) is 0 Å². The molecule has 0 aromatic heterocycles. The van der Waals surface area contributed by atoms with Gasteiger partial charge in [-0.1, -0.05) is 0 Å². The van der Waals surface area contributed by atoms with Gasteiger partial charge in [0, 0.05) is 17.3 Å². The summed E-state index contributed by atoms with van der Waals surface area (Å²) in [7, 11) is 0. The van der Waals surface area contributed by atoms with Crippen LogP contribution in [0, 0.1) is 5.92 Å². The van der Waals surface area contributed by atoms with Crippen LogP contribution in [-0.4, -0.2) is 17.9 Å². The number of rotatable bonds is 4. The summed E-state index contributed by atoms with van der Waals surface area (Å²) in [6.07, 6.45) is 1.96. The minimum absolute atomic E-state index is 0.0716. The van der Waals surface area contributed by atoms with Crippen LogP contribution in [0.15, 0.2) is 24.3 Å². The van der Waals surface area contributed by atoms with Gasteiger partial charge in [-0.3, -0.25) is 9.59 Å². The summed E-state index contributed by atoms with van der Waals surface area (Å²) in [5.41, 5.74) is 6.86. The number of hydrogen-bond donors (Lipinski definition) is 3. The van der Waals surface area contributed by atoms with Crippen molar-refractivity contribution >= 4 is 23.2 Å². The Labute approximate surface area is 106 Å². The minimum Gasteiger partial charge on any atom is -0.326 e. The van der Waals surface area contributed by atoms with Gasteiger partial charge in [0.25, 0.3) is 0 Å². The van der Waals surface area contributed by atoms with Crippen molar-refractivity contribution in [2.75, 3.05) is 10.6 Å². The molecule has 96 valence electrons. The molecule has 18 heavy (non-hydrogen) atoms. The predicted octanol–water partition coefficient (Wildman–Crippen LogP) is 1.32. The Hall–Kier alpha value is -1.88. The van der Waals surface area contributed by atoms with Crippen molar-refractivity contribution in [3.05, 3.63) is 24.3 Å². The summed E-state index contributed by atoms with van der Waals surface area (Å²) in [5.74, 6) is 0.0228. The van der Waals surface area contributed by atoms with Gasteiger partial charge in [0.15, 0.2) is 0 Å². The summed E-state index contributed by atoms with van der Waals surface area (Å²) in [4.78, 5) is 22.9. The second kappa shape index (κ2) is 5.18. The van der Waals surface area contributed by atoms with Gasteiger partial charge in [0.05, 0.1) is 6.04 Å². The second-order valence-corrected chi connectivity index (χ2v) is 4.62. The first-order valence-corrected chi connectivity index (χ1v) is 6.03. The van der Waals surface area contributed by atoms with E-state index < -0.39 is 6.04 Å². The minimum atomic E-state index is -0.542. The smallest absolute Gasteiger partial charge is 0.240 e. The molecule has 1 aromatic carbocycles. The molecule has 5 heteroatoms. The van der Waals surface area contributed by atoms with Crippen molar-refractivity contribution in [3.8, 4) is 0 Å². The number of carbonyl (C=O) groups is 2. The predicted molar refractivity (Wildman–Crippen MR) is 70.1 cm³/mol. The lowest BCUT2D eigenvalue weighted by Gasteiger charge is -2.09. The van der Waals surface area contributed by atoms with Crippen molar-refractivity contribution in [2.45, 2.75) is 25.8 Å². The average molecular weight is 247 g/mol. The van der Waals surface area contributed by atoms with E-state index in [9.17, 15) is 9.59 Å². The summed E-state index contributed by atoms with van der Waals surface area (Å²) in [6, 6.07) is 6.46. The third-order valence-corrected chi connectivity index (χ3v) is 2.78. The van der Waals surface area contributed by atoms with E-state index in [0.717, 1.165) is 18.5 Å². The highest BCUT2D eigenvalue weighted by Crippen LogP contribution is 2.30. The van der Waals surface area contributed by atoms with Crippen molar-refractivity contribution in [1.29, 1.82) is 0 Å². The van der Waals surface area contributed by atoms with Crippen molar-refractivity contribution in [3.63, 3.8) is 0 Å². The third kappa shape index (κ3) is 3.30. The van der Waals surface area contributed by atoms with E-state index in [0.29, 0.717) is 5.69 Å². The van der Waals surface area contributed by atoms with Gasteiger partial charge in [-0.2, -0.15) is 0 Å². The Morgan fingerprint density at radius 2 is 1.67 bits per heavy atom. The van der Waals surface area contributed by atoms with Crippen LogP contribution in [0.1, 0.15) is 19.8 Å². The van der Waals surface area contributed by atoms with E-state index >= 15 is 0 Å². The number of hydrogen-bond acceptors (Lipinski definition) is 3. The Bertz CT molecular complexity index is 415. The largest absolute Gasteiger partial charge is 0.326 e. The fourth-order valence-corrected chi connectivity index (χ4v) is 1.48. The zero-order valence-electron chi connectivity index (χ0n) is 10.3. The number of amides is 2. The maximum Gasteiger partial charge on any atom is 0.240 e. The second-order valence-electron chi connectivity index (χ2n) is 4.62. The van der Waals surface area contributed by atoms with E-state index in [1.54, 1.807) is 31.2 Å². The third-order valence-electron chi connectivity index (χ3n) is 2.78. The van der Waals surface area contributed by atoms with Crippen LogP contribution in [0.25, 0.3) is 0 Å². The lowest BCUT2D eigenvalue weighted by atomic mass is 10.2. The first-order chi connectivity index (χ1) is 8.56. The fourth-order valence-electron chi connectivity index (χ4n) is 1.48. The van der Waals surface area contributed by atoms with E-state index in [1.807, 2.05) is 0 Å². The van der Waals surface area contributed by atoms with Crippen LogP contribution < -0.4 is 16.4 Å². The number of nitrogens with one attached hydrogen (secondary N) is 2. The van der Waals surface area contributed by atoms with Crippen LogP contribution >= 0.6 is 0 Å². The Morgan fingerprint density at radius 1 is 1.17 bits per heavy atom. The molecule has 0 aliphatic heterocycles. The lowest BCUT2D eigenvalue weighted by molar-refractivity contribution is -0.118. The molecular weight excluding hydrogens is 230 g/mol. The molecule has 0 bridgehead atoms. The summed E-state index contributed by atoms with van der Waals surface area (Å²) in [5, 5.41) is 5.51. The first kappa shape index (κ1) is 12.6. The highest BCUT2D eigenvalue weighted by Gasteiger charge is 2.29. The van der Waals surface area contributed by atoms with Gasteiger partial charge in [-0.15, -0.1) is 0 Å². The van der Waals surface area contributed by atoms with Gasteiger partial charge < -0.3 is 16.4 Å². The molecule has 0 unspecified atom stereocenters. The molecule has 1 aliphatic carbocycles. The molecular formula is C13H17N3O2. The fraction of sp³-hybridized carbons (Fsp3) is 0.385. The molecule has 1 aromatic rings. The summed E-state index contributed by atoms with van der Waals surface area (Å²) < 4.78 is 0. The standard InChI is InChI=1S/C13H17N3O2/c1-8(14)12(17)15-10-4-6-11(7-5-10)16-13(18)9-2-3-9/h4-9H,2-3,14H2,1H3,(H,15,17)(H,16,18)/t8-/m0/s1. The monoisotopic (exact) mass is 247 g/mol. The SMILES string of the molecule is C[C@H](N)C(=O)Nc1ccc(NC(=O)C2CC2)cc1. The maximum absolute atomic E-state index is 11.5. The Kier molecular flexibility index (Phi) is 3.62. The Balaban J connectivity index is 1.92. The number of anilines is 2. The zero-order valence-corrected chi connectivity index (χ0v) is 10.3. The molecule has 1 atom stereocenters. The highest BCUT2D eigenvalue weighted by molar-refractivity contribution is 5.96. The Morgan fingerprint density at radius 3 is 2.11 bits per heavy atom. The van der Waals surface area contributed by atoms with Crippen molar-refractivity contribution in [1.82, 2.24) is 0 Å². The van der Waals surface area contributed by atoms with Gasteiger partial charge in [-0.05, 0) is 44.0 Å². The van der Waals surface area contributed by atoms with Crippen molar-refractivity contribution < 1.29 is 9.59 Å². The molecule has 2 amide bonds. The summed E-state index contributed by atoms with van der Waals surface area (Å²) in [6.45, 7) is 1.62. The van der Waals surface area contributed by atoms with Crippen LogP contribution in [0.4, 0.5) is 11.4 Å². The molecule has 0 spiro atoms. The molecule has 1 aliphatic rings. The number of carbonyl (C=O) groups excluding carboxylic acids is 2. The average Bonchev–Trinajstić information content (AvgIpc) is 3.15. The lowest BCUT2D eigenvalue weighted by Crippen LogP contribution is -2.32. The normalized spacial score (nSPS) is 15.9. The van der Waals surface area contributed by atoms with Gasteiger partial charge >= 0.3 is 0 Å². The van der Waals surface area contributed by atoms with Crippen molar-refractivity contribution in [2.24, 2.45) is 11.7 Å². The van der Waals surface area contributed by atoms with Crippen LogP contribution in [-0.2, 0) is 9.59 Å². The van der Waals surface area contributed by atoms with E-state index in [2.05, 4.69) is 10.6 Å². The van der Waals surface area contributed by atoms with E-state index in [4.69, 9.17) is 5.73 Å². The molecule has 0 heterocycles. The molecule has 5 nitrogen and oxygen atoms in total. The van der Waals surface area contributed by atoms with Gasteiger partial charge in [0.1, 0.15) is 0 Å². The van der Waals surface area contributed by atoms with E-state index in [1.165, 1.54) is 0 Å². The van der Waals surface area contributed by atoms with Gasteiger partial charge in [0.2, 0.25) is 11.8 Å². The zero-order chi connectivity index (χ0) is 13.1. The quantitative estimate of drug-likeness (QED) is 0.750. The molecule has 0 radical (unpaired) electrons. The highest BCUT2D eigenvalue weighted by atomic mass is 16.2. The topological polar surface area (TPSA) is 84.2 Å². The van der Waals surface area contributed by atoms with Gasteiger partial charge in [-0.25, -0.2) is 0 Å². The maximum atomic E-state index is 11.5. The number of benzene rings is 1. The first-order valence-electron chi connectivity index (χ1n) is 6.03. The van der Waals surface area contributed by atoms with E-state index in [-0.39, 0.29) is 17.7 Å². The number of nitrogens with two attached hydrogens (primary N) is 1. The molecule has 2 rings (SSSR count). The van der Waals surface area contributed by atoms with Crippen LogP contribution in [0.2, 0.25) is 0 Å². The summed E-state index contributed by atoms with van der Waals surface area (Å²) >= 11 is 0. The molecule has 0 saturated heterocycles. The molecule has 1 fully saturated rings. The van der Waals surface area contributed by atoms with Crippen LogP contribution in [0.5, 0.6) is 0 Å².